The van der Waals surface area contributed by atoms with E-state index in [2.05, 4.69) is 0 Å². The van der Waals surface area contributed by atoms with Crippen molar-refractivity contribution in [1.82, 2.24) is 0 Å². The number of likely N-dealkylation sites (N-methyl/N-ethyl adjacent to an activating group) is 1. The molecular formula is C26H29NO5. The van der Waals surface area contributed by atoms with E-state index in [1.54, 1.807) is 33.3 Å². The minimum atomic E-state index is -0.0679. The Balaban J connectivity index is 1.50. The Hall–Kier alpha value is -3.15. The maximum absolute atomic E-state index is 13.1. The van der Waals surface area contributed by atoms with Gasteiger partial charge in [-0.25, -0.2) is 0 Å². The summed E-state index contributed by atoms with van der Waals surface area (Å²) in [5.41, 5.74) is 3.12. The summed E-state index contributed by atoms with van der Waals surface area (Å²) in [5.74, 6) is 4.03. The average Bonchev–Trinajstić information content (AvgIpc) is 3.49. The maximum atomic E-state index is 13.1. The summed E-state index contributed by atoms with van der Waals surface area (Å²) >= 11 is 0. The fourth-order valence-corrected chi connectivity index (χ4v) is 5.44. The summed E-state index contributed by atoms with van der Waals surface area (Å²) in [6, 6.07) is 9.53. The molecule has 1 heterocycles. The van der Waals surface area contributed by atoms with Crippen molar-refractivity contribution in [3.63, 3.8) is 0 Å². The van der Waals surface area contributed by atoms with Gasteiger partial charge in [0, 0.05) is 24.3 Å². The van der Waals surface area contributed by atoms with E-state index < -0.39 is 0 Å². The van der Waals surface area contributed by atoms with Crippen LogP contribution in [0.3, 0.4) is 0 Å². The number of nitrogens with zero attached hydrogens (tertiary/aromatic N) is 1. The van der Waals surface area contributed by atoms with Gasteiger partial charge in [0.15, 0.2) is 23.0 Å². The van der Waals surface area contributed by atoms with Gasteiger partial charge in [0.05, 0.1) is 27.0 Å². The van der Waals surface area contributed by atoms with Crippen LogP contribution in [0.1, 0.15) is 36.8 Å². The molecule has 1 amide bonds. The molecular weight excluding hydrogens is 406 g/mol. The monoisotopic (exact) mass is 435 g/mol. The van der Waals surface area contributed by atoms with Gasteiger partial charge in [-0.1, -0.05) is 6.07 Å². The average molecular weight is 436 g/mol. The van der Waals surface area contributed by atoms with Crippen LogP contribution in [0.4, 0.5) is 5.69 Å². The lowest BCUT2D eigenvalue weighted by Crippen LogP contribution is -2.23. The molecule has 2 bridgehead atoms. The lowest BCUT2D eigenvalue weighted by atomic mass is 9.97. The fraction of sp³-hybridized carbons (Fsp3) is 0.423. The molecule has 3 atom stereocenters. The third-order valence-corrected chi connectivity index (χ3v) is 7.14. The maximum Gasteiger partial charge on any atom is 0.258 e. The van der Waals surface area contributed by atoms with Gasteiger partial charge in [0.1, 0.15) is 6.10 Å². The predicted molar refractivity (Wildman–Crippen MR) is 124 cm³/mol. The van der Waals surface area contributed by atoms with Crippen molar-refractivity contribution >= 4 is 23.2 Å². The van der Waals surface area contributed by atoms with Crippen LogP contribution in [0.5, 0.6) is 23.0 Å². The Morgan fingerprint density at radius 1 is 0.906 bits per heavy atom. The highest BCUT2D eigenvalue weighted by atomic mass is 16.5. The van der Waals surface area contributed by atoms with Gasteiger partial charge in [-0.2, -0.15) is 0 Å². The van der Waals surface area contributed by atoms with Crippen molar-refractivity contribution in [3.8, 4) is 23.0 Å². The molecule has 2 aliphatic carbocycles. The summed E-state index contributed by atoms with van der Waals surface area (Å²) in [7, 11) is 6.61. The normalized spacial score (nSPS) is 24.8. The third kappa shape index (κ3) is 3.38. The van der Waals surface area contributed by atoms with Gasteiger partial charge in [-0.3, -0.25) is 4.79 Å². The van der Waals surface area contributed by atoms with Gasteiger partial charge in [-0.05, 0) is 67.4 Å². The molecule has 0 spiro atoms. The van der Waals surface area contributed by atoms with Crippen molar-refractivity contribution in [2.75, 3.05) is 33.3 Å². The second kappa shape index (κ2) is 8.08. The molecule has 2 aromatic carbocycles. The molecule has 2 fully saturated rings. The van der Waals surface area contributed by atoms with Crippen molar-refractivity contribution in [3.05, 3.63) is 41.5 Å². The molecule has 0 aromatic heterocycles. The van der Waals surface area contributed by atoms with Crippen LogP contribution in [0.25, 0.3) is 11.6 Å². The van der Waals surface area contributed by atoms with Gasteiger partial charge < -0.3 is 23.8 Å². The molecule has 5 rings (SSSR count). The number of hydrogen-bond donors (Lipinski definition) is 0. The summed E-state index contributed by atoms with van der Waals surface area (Å²) < 4.78 is 22.9. The molecule has 2 aromatic rings. The quantitative estimate of drug-likeness (QED) is 0.610. The SMILES string of the molecule is COc1cc2c(cc1OC)N(C)C(=O)/C2=C\c1ccc(OC)c(O[C@H]2C[C@@H]3CC[C@H]2C3)c1. The van der Waals surface area contributed by atoms with Crippen LogP contribution < -0.4 is 23.8 Å². The van der Waals surface area contributed by atoms with Crippen molar-refractivity contribution in [1.29, 1.82) is 0 Å². The Labute approximate surface area is 188 Å². The highest BCUT2D eigenvalue weighted by Crippen LogP contribution is 2.47. The van der Waals surface area contributed by atoms with E-state index in [1.165, 1.54) is 19.3 Å². The van der Waals surface area contributed by atoms with Gasteiger partial charge in [0.2, 0.25) is 0 Å². The van der Waals surface area contributed by atoms with Crippen LogP contribution in [0, 0.1) is 11.8 Å². The van der Waals surface area contributed by atoms with E-state index in [0.717, 1.165) is 40.7 Å². The Kier molecular flexibility index (Phi) is 5.24. The molecule has 32 heavy (non-hydrogen) atoms. The molecule has 0 N–H and O–H groups in total. The topological polar surface area (TPSA) is 57.2 Å². The molecule has 0 unspecified atom stereocenters. The minimum absolute atomic E-state index is 0.0679. The summed E-state index contributed by atoms with van der Waals surface area (Å²) in [6.45, 7) is 0. The zero-order chi connectivity index (χ0) is 22.4. The van der Waals surface area contributed by atoms with Gasteiger partial charge in [-0.15, -0.1) is 0 Å². The predicted octanol–water partition coefficient (Wildman–Crippen LogP) is 4.80. The molecule has 0 radical (unpaired) electrons. The number of amides is 1. The summed E-state index contributed by atoms with van der Waals surface area (Å²) in [5, 5.41) is 0. The molecule has 6 heteroatoms. The number of hydrogen-bond acceptors (Lipinski definition) is 5. The Morgan fingerprint density at radius 2 is 1.66 bits per heavy atom. The van der Waals surface area contributed by atoms with E-state index in [0.29, 0.717) is 23.0 Å². The number of benzene rings is 2. The summed E-state index contributed by atoms with van der Waals surface area (Å²) in [6.07, 6.45) is 7.14. The molecule has 0 saturated heterocycles. The highest BCUT2D eigenvalue weighted by molar-refractivity contribution is 6.35. The summed E-state index contributed by atoms with van der Waals surface area (Å²) in [4.78, 5) is 14.7. The first kappa shape index (κ1) is 20.7. The molecule has 6 nitrogen and oxygen atoms in total. The van der Waals surface area contributed by atoms with Crippen LogP contribution in [0.2, 0.25) is 0 Å². The second-order valence-electron chi connectivity index (χ2n) is 8.89. The zero-order valence-electron chi connectivity index (χ0n) is 19.0. The fourth-order valence-electron chi connectivity index (χ4n) is 5.44. The van der Waals surface area contributed by atoms with Gasteiger partial charge in [0.25, 0.3) is 5.91 Å². The minimum Gasteiger partial charge on any atom is -0.493 e. The molecule has 168 valence electrons. The highest BCUT2D eigenvalue weighted by Gasteiger charge is 2.41. The first-order valence-electron chi connectivity index (χ1n) is 11.1. The lowest BCUT2D eigenvalue weighted by Gasteiger charge is -2.24. The lowest BCUT2D eigenvalue weighted by molar-refractivity contribution is -0.112. The zero-order valence-corrected chi connectivity index (χ0v) is 19.0. The Morgan fingerprint density at radius 3 is 2.31 bits per heavy atom. The molecule has 3 aliphatic rings. The van der Waals surface area contributed by atoms with Gasteiger partial charge >= 0.3 is 0 Å². The number of carbonyl (C=O) groups is 1. The smallest absolute Gasteiger partial charge is 0.258 e. The molecule has 1 aliphatic heterocycles. The van der Waals surface area contributed by atoms with E-state index >= 15 is 0 Å². The standard InChI is InChI=1S/C26H29NO5/c1-27-20-14-24(31-4)23(30-3)13-18(20)19(26(27)28)10-16-6-8-21(29-2)25(12-16)32-22-11-15-5-7-17(22)9-15/h6,8,10,12-15,17,22H,5,7,9,11H2,1-4H3/b19-10-/t15-,17+,22+/m1/s1. The first-order chi connectivity index (χ1) is 15.5. The van der Waals surface area contributed by atoms with E-state index in [4.69, 9.17) is 18.9 Å². The number of ether oxygens (including phenoxy) is 4. The Bertz CT molecular complexity index is 1090. The van der Waals surface area contributed by atoms with Crippen LogP contribution in [0.15, 0.2) is 30.3 Å². The number of methoxy groups -OCH3 is 3. The number of rotatable bonds is 6. The van der Waals surface area contributed by atoms with Crippen LogP contribution in [-0.2, 0) is 4.79 Å². The van der Waals surface area contributed by atoms with Crippen molar-refractivity contribution in [2.24, 2.45) is 11.8 Å². The van der Waals surface area contributed by atoms with E-state index in [1.807, 2.05) is 36.4 Å². The van der Waals surface area contributed by atoms with Crippen molar-refractivity contribution < 1.29 is 23.7 Å². The van der Waals surface area contributed by atoms with E-state index in [-0.39, 0.29) is 12.0 Å². The number of anilines is 1. The van der Waals surface area contributed by atoms with Crippen LogP contribution >= 0.6 is 0 Å². The third-order valence-electron chi connectivity index (χ3n) is 7.14. The van der Waals surface area contributed by atoms with Crippen LogP contribution in [-0.4, -0.2) is 40.4 Å². The number of carbonyl (C=O) groups excluding carboxylic acids is 1. The van der Waals surface area contributed by atoms with Crippen molar-refractivity contribution in [2.45, 2.75) is 31.8 Å². The first-order valence-corrected chi connectivity index (χ1v) is 11.1. The second-order valence-corrected chi connectivity index (χ2v) is 8.89. The largest absolute Gasteiger partial charge is 0.493 e. The number of fused-ring (bicyclic) bond motifs is 3. The molecule has 2 saturated carbocycles. The van der Waals surface area contributed by atoms with E-state index in [9.17, 15) is 4.79 Å².